The molecule has 0 fully saturated rings. The summed E-state index contributed by atoms with van der Waals surface area (Å²) in [5.74, 6) is -2.16. The van der Waals surface area contributed by atoms with Crippen molar-refractivity contribution in [3.8, 4) is 0 Å². The van der Waals surface area contributed by atoms with Gasteiger partial charge in [-0.1, -0.05) is 24.3 Å². The summed E-state index contributed by atoms with van der Waals surface area (Å²) in [4.78, 5) is 11.4. The first kappa shape index (κ1) is 16.2. The molecule has 0 amide bonds. The fourth-order valence-corrected chi connectivity index (χ4v) is 3.86. The van der Waals surface area contributed by atoms with E-state index in [-0.39, 0.29) is 10.6 Å². The SMILES string of the molecule is O=C(O)c1cc(F)ccc1NS(=O)(=O)C1=Cc2ccccc2CC1. The van der Waals surface area contributed by atoms with Crippen LogP contribution in [0.4, 0.5) is 10.1 Å². The molecule has 0 aliphatic heterocycles. The third-order valence-corrected chi connectivity index (χ3v) is 5.31. The van der Waals surface area contributed by atoms with Gasteiger partial charge in [-0.15, -0.1) is 0 Å². The highest BCUT2D eigenvalue weighted by atomic mass is 32.2. The number of sulfonamides is 1. The molecule has 3 rings (SSSR count). The van der Waals surface area contributed by atoms with E-state index < -0.39 is 27.4 Å². The summed E-state index contributed by atoms with van der Waals surface area (Å²) >= 11 is 0. The van der Waals surface area contributed by atoms with Crippen molar-refractivity contribution < 1.29 is 22.7 Å². The molecule has 0 saturated carbocycles. The fraction of sp³-hybridized carbons (Fsp3) is 0.118. The number of carbonyl (C=O) groups is 1. The first-order valence-electron chi connectivity index (χ1n) is 7.21. The topological polar surface area (TPSA) is 83.5 Å². The lowest BCUT2D eigenvalue weighted by Gasteiger charge is -2.18. The molecule has 24 heavy (non-hydrogen) atoms. The summed E-state index contributed by atoms with van der Waals surface area (Å²) in [6.07, 6.45) is 2.47. The maximum Gasteiger partial charge on any atom is 0.337 e. The lowest BCUT2D eigenvalue weighted by atomic mass is 9.98. The van der Waals surface area contributed by atoms with Gasteiger partial charge in [-0.25, -0.2) is 17.6 Å². The Labute approximate surface area is 138 Å². The lowest BCUT2D eigenvalue weighted by Crippen LogP contribution is -2.19. The Hall–Kier alpha value is -2.67. The number of aromatic carboxylic acids is 1. The number of anilines is 1. The number of benzene rings is 2. The average Bonchev–Trinajstić information content (AvgIpc) is 2.55. The number of carboxylic acids is 1. The highest BCUT2D eigenvalue weighted by Crippen LogP contribution is 2.29. The van der Waals surface area contributed by atoms with Crippen molar-refractivity contribution in [1.82, 2.24) is 0 Å². The monoisotopic (exact) mass is 347 g/mol. The second kappa shape index (κ2) is 6.09. The van der Waals surface area contributed by atoms with Crippen LogP contribution in [0.3, 0.4) is 0 Å². The molecule has 1 aliphatic rings. The van der Waals surface area contributed by atoms with Gasteiger partial charge in [0.25, 0.3) is 10.0 Å². The van der Waals surface area contributed by atoms with Gasteiger partial charge in [0.1, 0.15) is 5.82 Å². The van der Waals surface area contributed by atoms with Crippen LogP contribution in [0.2, 0.25) is 0 Å². The standard InChI is InChI=1S/C17H14FNO4S/c18-13-6-8-16(15(10-13)17(20)21)19-24(22,23)14-7-5-11-3-1-2-4-12(11)9-14/h1-4,6,8-10,19H,5,7H2,(H,20,21). The van der Waals surface area contributed by atoms with Crippen molar-refractivity contribution in [2.75, 3.05) is 4.72 Å². The van der Waals surface area contributed by atoms with Crippen LogP contribution < -0.4 is 4.72 Å². The maximum absolute atomic E-state index is 13.2. The van der Waals surface area contributed by atoms with Crippen molar-refractivity contribution in [3.63, 3.8) is 0 Å². The maximum atomic E-state index is 13.2. The fourth-order valence-electron chi connectivity index (χ4n) is 2.61. The Morgan fingerprint density at radius 3 is 2.62 bits per heavy atom. The summed E-state index contributed by atoms with van der Waals surface area (Å²) in [6, 6.07) is 10.4. The molecule has 7 heteroatoms. The molecular weight excluding hydrogens is 333 g/mol. The van der Waals surface area contributed by atoms with Gasteiger partial charge in [0.15, 0.2) is 0 Å². The number of halogens is 1. The van der Waals surface area contributed by atoms with E-state index in [1.54, 1.807) is 6.08 Å². The first-order chi connectivity index (χ1) is 11.4. The quantitative estimate of drug-likeness (QED) is 0.889. The molecule has 1 aliphatic carbocycles. The number of carboxylic acid groups (broad SMARTS) is 1. The van der Waals surface area contributed by atoms with Crippen LogP contribution in [0.15, 0.2) is 47.4 Å². The second-order valence-corrected chi connectivity index (χ2v) is 7.15. The highest BCUT2D eigenvalue weighted by Gasteiger charge is 2.24. The van der Waals surface area contributed by atoms with Crippen LogP contribution in [0.5, 0.6) is 0 Å². The van der Waals surface area contributed by atoms with Gasteiger partial charge in [0.2, 0.25) is 0 Å². The molecule has 0 unspecified atom stereocenters. The number of hydrogen-bond donors (Lipinski definition) is 2. The van der Waals surface area contributed by atoms with Crippen molar-refractivity contribution in [1.29, 1.82) is 0 Å². The second-order valence-electron chi connectivity index (χ2n) is 5.41. The molecule has 5 nitrogen and oxygen atoms in total. The van der Waals surface area contributed by atoms with Crippen LogP contribution in [-0.2, 0) is 16.4 Å². The molecule has 0 saturated heterocycles. The summed E-state index contributed by atoms with van der Waals surface area (Å²) in [5, 5.41) is 9.11. The summed E-state index contributed by atoms with van der Waals surface area (Å²) in [7, 11) is -3.92. The van der Waals surface area contributed by atoms with E-state index in [1.807, 2.05) is 24.3 Å². The van der Waals surface area contributed by atoms with E-state index >= 15 is 0 Å². The number of nitrogens with one attached hydrogen (secondary N) is 1. The zero-order valence-electron chi connectivity index (χ0n) is 12.5. The molecule has 0 bridgehead atoms. The smallest absolute Gasteiger partial charge is 0.337 e. The van der Waals surface area contributed by atoms with Gasteiger partial charge in [0.05, 0.1) is 16.2 Å². The Morgan fingerprint density at radius 2 is 1.88 bits per heavy atom. The van der Waals surface area contributed by atoms with E-state index in [9.17, 15) is 17.6 Å². The molecule has 0 radical (unpaired) electrons. The molecule has 0 atom stereocenters. The molecule has 0 spiro atoms. The number of fused-ring (bicyclic) bond motifs is 1. The lowest BCUT2D eigenvalue weighted by molar-refractivity contribution is 0.0697. The van der Waals surface area contributed by atoms with E-state index in [2.05, 4.69) is 4.72 Å². The van der Waals surface area contributed by atoms with Crippen LogP contribution >= 0.6 is 0 Å². The molecule has 2 aromatic rings. The normalized spacial score (nSPS) is 13.8. The third kappa shape index (κ3) is 3.16. The molecule has 2 aromatic carbocycles. The number of hydrogen-bond acceptors (Lipinski definition) is 3. The Bertz CT molecular complexity index is 951. The number of aryl methyl sites for hydroxylation is 1. The van der Waals surface area contributed by atoms with Crippen molar-refractivity contribution in [3.05, 3.63) is 69.9 Å². The average molecular weight is 347 g/mol. The molecule has 2 N–H and O–H groups in total. The zero-order valence-corrected chi connectivity index (χ0v) is 13.3. The van der Waals surface area contributed by atoms with Gasteiger partial charge in [0, 0.05) is 0 Å². The van der Waals surface area contributed by atoms with Crippen LogP contribution in [0.1, 0.15) is 27.9 Å². The van der Waals surface area contributed by atoms with E-state index in [0.29, 0.717) is 12.8 Å². The largest absolute Gasteiger partial charge is 0.478 e. The summed E-state index contributed by atoms with van der Waals surface area (Å²) in [6.45, 7) is 0. The molecule has 0 heterocycles. The van der Waals surface area contributed by atoms with Crippen LogP contribution in [0.25, 0.3) is 6.08 Å². The summed E-state index contributed by atoms with van der Waals surface area (Å²) < 4.78 is 40.6. The summed E-state index contributed by atoms with van der Waals surface area (Å²) in [5.41, 5.74) is 1.28. The van der Waals surface area contributed by atoms with Gasteiger partial charge in [-0.3, -0.25) is 4.72 Å². The van der Waals surface area contributed by atoms with Gasteiger partial charge >= 0.3 is 5.97 Å². The minimum absolute atomic E-state index is 0.163. The predicted octanol–water partition coefficient (Wildman–Crippen LogP) is 3.25. The number of rotatable bonds is 4. The van der Waals surface area contributed by atoms with Crippen LogP contribution in [-0.4, -0.2) is 19.5 Å². The molecule has 0 aromatic heterocycles. The van der Waals surface area contributed by atoms with Crippen molar-refractivity contribution >= 4 is 27.8 Å². The highest BCUT2D eigenvalue weighted by molar-refractivity contribution is 7.96. The van der Waals surface area contributed by atoms with E-state index in [0.717, 1.165) is 29.3 Å². The Kier molecular flexibility index (Phi) is 4.11. The molecule has 124 valence electrons. The minimum Gasteiger partial charge on any atom is -0.478 e. The van der Waals surface area contributed by atoms with Crippen molar-refractivity contribution in [2.45, 2.75) is 12.8 Å². The van der Waals surface area contributed by atoms with Gasteiger partial charge in [-0.2, -0.15) is 0 Å². The van der Waals surface area contributed by atoms with Gasteiger partial charge < -0.3 is 5.11 Å². The minimum atomic E-state index is -3.92. The van der Waals surface area contributed by atoms with E-state index in [4.69, 9.17) is 5.11 Å². The Morgan fingerprint density at radius 1 is 1.12 bits per heavy atom. The number of allylic oxidation sites excluding steroid dienone is 1. The van der Waals surface area contributed by atoms with E-state index in [1.165, 1.54) is 0 Å². The molecular formula is C17H14FNO4S. The van der Waals surface area contributed by atoms with Crippen LogP contribution in [0, 0.1) is 5.82 Å². The zero-order chi connectivity index (χ0) is 17.3. The first-order valence-corrected chi connectivity index (χ1v) is 8.69. The predicted molar refractivity (Wildman–Crippen MR) is 88.6 cm³/mol. The third-order valence-electron chi connectivity index (χ3n) is 3.81. The van der Waals surface area contributed by atoms with Crippen molar-refractivity contribution in [2.24, 2.45) is 0 Å². The van der Waals surface area contributed by atoms with Gasteiger partial charge in [-0.05, 0) is 48.2 Å². The Balaban J connectivity index is 1.96.